The summed E-state index contributed by atoms with van der Waals surface area (Å²) in [5.74, 6) is -18.4. The van der Waals surface area contributed by atoms with Crippen molar-refractivity contribution in [1.82, 2.24) is 0 Å². The van der Waals surface area contributed by atoms with E-state index in [9.17, 15) is 54.7 Å². The molecule has 0 heterocycles. The highest BCUT2D eigenvalue weighted by Gasteiger charge is 2.71. The van der Waals surface area contributed by atoms with Gasteiger partial charge in [0.05, 0.1) is 57.8 Å². The Morgan fingerprint density at radius 2 is 1.20 bits per heavy atom. The topological polar surface area (TPSA) is 332 Å². The van der Waals surface area contributed by atoms with Crippen LogP contribution in [0.2, 0.25) is 0 Å². The predicted octanol–water partition coefficient (Wildman–Crippen LogP) is -1.93. The number of carboxylic acids is 2. The Bertz CT molecular complexity index is 1230. The fraction of sp³-hybridized carbons (Fsp3) is 0.900. The van der Waals surface area contributed by atoms with Crippen LogP contribution < -0.4 is 0 Å². The van der Waals surface area contributed by atoms with Crippen molar-refractivity contribution >= 4 is 42.6 Å². The van der Waals surface area contributed by atoms with Gasteiger partial charge in [0, 0.05) is 7.11 Å². The standard InChI is InChI=1S/C20H38O22S3/c1-3-8-37-19(17(24)25,38-11-7-21)41-18(16(22)23,36-9-4-5-14-43(26,27)28)20(40-13-12-35-2,42-45(32,33)34)39-10-6-15-44(29,30)31/h21H,3-15H2,1-2H3,(H,22,23)(H,24,25)(H,26,27,28)(H,29,30,31)(H,32,33,34). The molecule has 22 nitrogen and oxygen atoms in total. The average Bonchev–Trinajstić information content (AvgIpc) is 2.89. The summed E-state index contributed by atoms with van der Waals surface area (Å²) < 4.78 is 137. The smallest absolute Gasteiger partial charge is 0.402 e. The van der Waals surface area contributed by atoms with Crippen molar-refractivity contribution in [1.29, 1.82) is 0 Å². The minimum atomic E-state index is -5.93. The Kier molecular flexibility index (Phi) is 18.5. The molecule has 3 unspecified atom stereocenters. The molecule has 0 saturated carbocycles. The van der Waals surface area contributed by atoms with Gasteiger partial charge in [-0.25, -0.2) is 9.59 Å². The number of aliphatic hydroxyl groups excluding tert-OH is 1. The maximum atomic E-state index is 13.0. The predicted molar refractivity (Wildman–Crippen MR) is 143 cm³/mol. The van der Waals surface area contributed by atoms with Crippen molar-refractivity contribution in [3.05, 3.63) is 0 Å². The average molecular weight is 727 g/mol. The molecule has 0 spiro atoms. The van der Waals surface area contributed by atoms with Crippen molar-refractivity contribution in [3.8, 4) is 0 Å². The molecule has 268 valence electrons. The van der Waals surface area contributed by atoms with E-state index in [-0.39, 0.29) is 6.42 Å². The highest BCUT2D eigenvalue weighted by Crippen LogP contribution is 2.41. The maximum Gasteiger partial charge on any atom is 0.402 e. The van der Waals surface area contributed by atoms with Crippen LogP contribution in [0.15, 0.2) is 0 Å². The zero-order chi connectivity index (χ0) is 35.0. The summed E-state index contributed by atoms with van der Waals surface area (Å²) in [6, 6.07) is 0. The summed E-state index contributed by atoms with van der Waals surface area (Å²) in [5, 5.41) is 29.8. The van der Waals surface area contributed by atoms with Crippen LogP contribution >= 0.6 is 0 Å². The Labute approximate surface area is 258 Å². The molecule has 0 fully saturated rings. The number of hydrogen-bond donors (Lipinski definition) is 6. The van der Waals surface area contributed by atoms with Gasteiger partial charge in [0.2, 0.25) is 0 Å². The van der Waals surface area contributed by atoms with Crippen molar-refractivity contribution in [2.24, 2.45) is 0 Å². The van der Waals surface area contributed by atoms with Crippen molar-refractivity contribution < 1.29 is 101 Å². The highest BCUT2D eigenvalue weighted by molar-refractivity contribution is 7.86. The van der Waals surface area contributed by atoms with Crippen LogP contribution in [0.3, 0.4) is 0 Å². The molecular weight excluding hydrogens is 688 g/mol. The second kappa shape index (κ2) is 19.2. The molecule has 0 radical (unpaired) electrons. The molecular formula is C20H38O22S3. The van der Waals surface area contributed by atoms with E-state index < -0.39 is 137 Å². The second-order valence-corrected chi connectivity index (χ2v) is 12.7. The zero-order valence-electron chi connectivity index (χ0n) is 24.1. The van der Waals surface area contributed by atoms with Crippen molar-refractivity contribution in [2.75, 3.05) is 64.9 Å². The molecule has 0 saturated heterocycles. The van der Waals surface area contributed by atoms with E-state index in [0.29, 0.717) is 0 Å². The largest absolute Gasteiger partial charge is 0.477 e. The summed E-state index contributed by atoms with van der Waals surface area (Å²) in [5.41, 5.74) is 0. The molecule has 25 heteroatoms. The van der Waals surface area contributed by atoms with E-state index in [1.165, 1.54) is 6.92 Å². The van der Waals surface area contributed by atoms with Crippen molar-refractivity contribution in [3.63, 3.8) is 0 Å². The molecule has 0 amide bonds. The number of carbonyl (C=O) groups is 2. The normalized spacial score (nSPS) is 16.8. The lowest BCUT2D eigenvalue weighted by Crippen LogP contribution is -2.71. The number of aliphatic hydroxyl groups is 1. The number of unbranched alkanes of at least 4 members (excludes halogenated alkanes) is 1. The van der Waals surface area contributed by atoms with Gasteiger partial charge < -0.3 is 43.7 Å². The Balaban J connectivity index is 7.52. The number of aliphatic carboxylic acids is 2. The molecule has 0 aliphatic carbocycles. The second-order valence-electron chi connectivity index (χ2n) is 8.54. The molecule has 0 aromatic rings. The van der Waals surface area contributed by atoms with Crippen LogP contribution in [0.25, 0.3) is 0 Å². The van der Waals surface area contributed by atoms with Crippen LogP contribution in [-0.2, 0) is 77.6 Å². The van der Waals surface area contributed by atoms with Gasteiger partial charge in [-0.1, -0.05) is 6.92 Å². The first kappa shape index (κ1) is 43.3. The van der Waals surface area contributed by atoms with E-state index >= 15 is 0 Å². The van der Waals surface area contributed by atoms with Gasteiger partial charge in [-0.15, -0.1) is 0 Å². The van der Waals surface area contributed by atoms with Gasteiger partial charge in [-0.3, -0.25) is 18.4 Å². The van der Waals surface area contributed by atoms with Crippen LogP contribution in [0.1, 0.15) is 32.6 Å². The fourth-order valence-corrected chi connectivity index (χ4v) is 4.61. The maximum absolute atomic E-state index is 13.0. The minimum absolute atomic E-state index is 0.0283. The summed E-state index contributed by atoms with van der Waals surface area (Å²) in [7, 11) is -14.0. The Hall–Kier alpha value is -1.69. The number of rotatable bonds is 28. The van der Waals surface area contributed by atoms with E-state index in [0.717, 1.165) is 7.11 Å². The van der Waals surface area contributed by atoms with Gasteiger partial charge in [0.15, 0.2) is 0 Å². The van der Waals surface area contributed by atoms with Crippen LogP contribution in [0.4, 0.5) is 0 Å². The third kappa shape index (κ3) is 15.6. The molecule has 0 aliphatic heterocycles. The number of hydrogen-bond acceptors (Lipinski definition) is 17. The molecule has 0 aromatic carbocycles. The molecule has 0 bridgehead atoms. The van der Waals surface area contributed by atoms with Crippen LogP contribution in [0.5, 0.6) is 0 Å². The number of ether oxygens (including phenoxy) is 7. The lowest BCUT2D eigenvalue weighted by Gasteiger charge is -2.45. The lowest BCUT2D eigenvalue weighted by atomic mass is 10.2. The third-order valence-electron chi connectivity index (χ3n) is 4.84. The molecule has 3 atom stereocenters. The van der Waals surface area contributed by atoms with E-state index in [4.69, 9.17) is 42.3 Å². The van der Waals surface area contributed by atoms with Crippen molar-refractivity contribution in [2.45, 2.75) is 50.3 Å². The van der Waals surface area contributed by atoms with Gasteiger partial charge >= 0.3 is 40.1 Å². The molecule has 0 aromatic heterocycles. The third-order valence-corrected chi connectivity index (χ3v) is 6.88. The summed E-state index contributed by atoms with van der Waals surface area (Å²) in [6.07, 6.45) is -1.63. The summed E-state index contributed by atoms with van der Waals surface area (Å²) in [6.45, 7) is -4.43. The molecule has 0 rings (SSSR count). The SMILES string of the molecule is CCCOC(OCCO)(OC(OCCCCS(=O)(=O)O)(C(=O)O)C(OCCCS(=O)(=O)O)(OCCOC)OS(=O)(=O)O)C(=O)O. The molecule has 0 aliphatic rings. The first-order chi connectivity index (χ1) is 20.6. The lowest BCUT2D eigenvalue weighted by molar-refractivity contribution is -0.513. The van der Waals surface area contributed by atoms with Gasteiger partial charge in [-0.2, -0.15) is 29.4 Å². The van der Waals surface area contributed by atoms with Crippen LogP contribution in [-0.4, -0.2) is 149 Å². The quantitative estimate of drug-likeness (QED) is 0.0290. The van der Waals surface area contributed by atoms with E-state index in [2.05, 4.69) is 4.18 Å². The van der Waals surface area contributed by atoms with E-state index in [1.54, 1.807) is 0 Å². The molecule has 6 N–H and O–H groups in total. The molecule has 45 heavy (non-hydrogen) atoms. The Morgan fingerprint density at radius 3 is 1.67 bits per heavy atom. The first-order valence-corrected chi connectivity index (χ1v) is 17.3. The number of methoxy groups -OCH3 is 1. The number of carboxylic acid groups (broad SMARTS) is 2. The summed E-state index contributed by atoms with van der Waals surface area (Å²) in [4.78, 5) is 25.5. The minimum Gasteiger partial charge on any atom is -0.477 e. The fourth-order valence-electron chi connectivity index (χ4n) is 3.07. The van der Waals surface area contributed by atoms with Gasteiger partial charge in [0.1, 0.15) is 0 Å². The summed E-state index contributed by atoms with van der Waals surface area (Å²) >= 11 is 0. The van der Waals surface area contributed by atoms with E-state index in [1.807, 2.05) is 0 Å². The van der Waals surface area contributed by atoms with Gasteiger partial charge in [0.25, 0.3) is 20.2 Å². The highest BCUT2D eigenvalue weighted by atomic mass is 32.3. The Morgan fingerprint density at radius 1 is 0.667 bits per heavy atom. The first-order valence-electron chi connectivity index (χ1n) is 12.7. The van der Waals surface area contributed by atoms with Crippen LogP contribution in [0, 0.1) is 0 Å². The van der Waals surface area contributed by atoms with Gasteiger partial charge in [-0.05, 0) is 25.7 Å². The zero-order valence-corrected chi connectivity index (χ0v) is 26.6. The monoisotopic (exact) mass is 726 g/mol.